The molecule has 0 amide bonds. The molecule has 0 saturated carbocycles. The van der Waals surface area contributed by atoms with E-state index in [2.05, 4.69) is 4.84 Å². The molecule has 0 radical (unpaired) electrons. The molecule has 0 saturated heterocycles. The Hall–Kier alpha value is -0.120. The van der Waals surface area contributed by atoms with E-state index in [1.54, 1.807) is 0 Å². The van der Waals surface area contributed by atoms with Gasteiger partial charge in [0.1, 0.15) is 6.10 Å². The van der Waals surface area contributed by atoms with E-state index < -0.39 is 6.10 Å². The van der Waals surface area contributed by atoms with E-state index in [0.717, 1.165) is 6.42 Å². The van der Waals surface area contributed by atoms with Gasteiger partial charge in [-0.25, -0.2) is 4.84 Å². The van der Waals surface area contributed by atoms with Gasteiger partial charge >= 0.3 is 0 Å². The van der Waals surface area contributed by atoms with Gasteiger partial charge in [0, 0.05) is 12.5 Å². The van der Waals surface area contributed by atoms with E-state index in [9.17, 15) is 9.90 Å². The van der Waals surface area contributed by atoms with Crippen molar-refractivity contribution in [2.75, 3.05) is 6.54 Å². The van der Waals surface area contributed by atoms with Gasteiger partial charge in [-0.15, -0.1) is 0 Å². The first kappa shape index (κ1) is 12.9. The molecule has 13 heavy (non-hydrogen) atoms. The lowest BCUT2D eigenvalue weighted by atomic mass is 9.86. The van der Waals surface area contributed by atoms with Gasteiger partial charge in [0.2, 0.25) is 0 Å². The molecular weight excluding hydrogens is 190 g/mol. The van der Waals surface area contributed by atoms with Crippen LogP contribution in [0, 0.1) is 11.8 Å². The highest BCUT2D eigenvalue weighted by Gasteiger charge is 2.26. The number of carbonyl (C=O) groups excluding carboxylic acids is 1. The predicted octanol–water partition coefficient (Wildman–Crippen LogP) is 1.34. The average molecular weight is 208 g/mol. The van der Waals surface area contributed by atoms with Crippen molar-refractivity contribution in [2.45, 2.75) is 33.3 Å². The fourth-order valence-corrected chi connectivity index (χ4v) is 1.50. The number of aliphatic hydroxyl groups is 1. The fourth-order valence-electron chi connectivity index (χ4n) is 1.32. The van der Waals surface area contributed by atoms with E-state index in [1.165, 1.54) is 6.92 Å². The second-order valence-electron chi connectivity index (χ2n) is 3.44. The van der Waals surface area contributed by atoms with Crippen molar-refractivity contribution in [2.24, 2.45) is 11.8 Å². The summed E-state index contributed by atoms with van der Waals surface area (Å²) in [4.78, 5) is 13.4. The van der Waals surface area contributed by atoms with Crippen LogP contribution in [-0.4, -0.2) is 23.5 Å². The number of carbonyl (C=O) groups is 1. The number of ketones is 1. The van der Waals surface area contributed by atoms with Gasteiger partial charge < -0.3 is 5.11 Å². The molecule has 3 nitrogen and oxygen atoms in total. The van der Waals surface area contributed by atoms with Crippen molar-refractivity contribution in [1.29, 1.82) is 0 Å². The summed E-state index contributed by atoms with van der Waals surface area (Å²) in [5.41, 5.74) is 0. The fraction of sp³-hybridized carbons (Fsp3) is 0.889. The van der Waals surface area contributed by atoms with Crippen LogP contribution in [0.3, 0.4) is 0 Å². The largest absolute Gasteiger partial charge is 0.385 e. The summed E-state index contributed by atoms with van der Waals surface area (Å²) < 4.78 is 0. The standard InChI is InChI=1S/C9H18ClNO2/c1-4-6(2)8(5-11-10)9(13)7(3)12/h6,8-9,11,13H,4-5H2,1-3H3/t6-,8+,9-/m0/s1. The van der Waals surface area contributed by atoms with Gasteiger partial charge in [0.15, 0.2) is 5.78 Å². The number of hydrogen-bond acceptors (Lipinski definition) is 3. The monoisotopic (exact) mass is 207 g/mol. The Morgan fingerprint density at radius 2 is 2.15 bits per heavy atom. The predicted molar refractivity (Wildman–Crippen MR) is 53.5 cm³/mol. The minimum Gasteiger partial charge on any atom is -0.385 e. The molecule has 0 aliphatic rings. The highest BCUT2D eigenvalue weighted by Crippen LogP contribution is 2.19. The van der Waals surface area contributed by atoms with Gasteiger partial charge in [-0.3, -0.25) is 4.79 Å². The molecular formula is C9H18ClNO2. The van der Waals surface area contributed by atoms with Crippen molar-refractivity contribution in [3.05, 3.63) is 0 Å². The average Bonchev–Trinajstić information content (AvgIpc) is 2.11. The second-order valence-corrected chi connectivity index (χ2v) is 3.71. The van der Waals surface area contributed by atoms with Crippen molar-refractivity contribution in [1.82, 2.24) is 4.84 Å². The minimum absolute atomic E-state index is 0.0972. The van der Waals surface area contributed by atoms with Gasteiger partial charge in [-0.2, -0.15) is 0 Å². The molecule has 0 bridgehead atoms. The summed E-state index contributed by atoms with van der Waals surface area (Å²) in [5, 5.41) is 9.57. The highest BCUT2D eigenvalue weighted by atomic mass is 35.5. The quantitative estimate of drug-likeness (QED) is 0.647. The van der Waals surface area contributed by atoms with Gasteiger partial charge in [-0.05, 0) is 24.6 Å². The van der Waals surface area contributed by atoms with E-state index in [-0.39, 0.29) is 17.6 Å². The SMILES string of the molecule is CC[C@H](C)[C@@H](CNCl)[C@@H](O)C(C)=O. The van der Waals surface area contributed by atoms with Crippen LogP contribution in [0.15, 0.2) is 0 Å². The number of hydrogen-bond donors (Lipinski definition) is 2. The van der Waals surface area contributed by atoms with Crippen LogP contribution in [0.2, 0.25) is 0 Å². The van der Waals surface area contributed by atoms with E-state index in [4.69, 9.17) is 11.8 Å². The Labute approximate surface area is 84.6 Å². The molecule has 0 fully saturated rings. The lowest BCUT2D eigenvalue weighted by molar-refractivity contribution is -0.128. The molecule has 0 unspecified atom stereocenters. The van der Waals surface area contributed by atoms with Crippen LogP contribution in [0.25, 0.3) is 0 Å². The molecule has 0 heterocycles. The van der Waals surface area contributed by atoms with Gasteiger partial charge in [0.05, 0.1) is 0 Å². The van der Waals surface area contributed by atoms with Crippen molar-refractivity contribution in [3.8, 4) is 0 Å². The minimum atomic E-state index is -0.902. The highest BCUT2D eigenvalue weighted by molar-refractivity contribution is 6.13. The maximum Gasteiger partial charge on any atom is 0.158 e. The summed E-state index contributed by atoms with van der Waals surface area (Å²) in [7, 11) is 0. The number of halogens is 1. The third-order valence-electron chi connectivity index (χ3n) is 2.51. The third-order valence-corrected chi connectivity index (χ3v) is 2.66. The molecule has 2 N–H and O–H groups in total. The molecule has 0 aromatic rings. The summed E-state index contributed by atoms with van der Waals surface area (Å²) in [6, 6.07) is 0. The Morgan fingerprint density at radius 3 is 2.46 bits per heavy atom. The molecule has 3 atom stereocenters. The van der Waals surface area contributed by atoms with Crippen LogP contribution in [-0.2, 0) is 4.79 Å². The van der Waals surface area contributed by atoms with Crippen molar-refractivity contribution >= 4 is 17.6 Å². The topological polar surface area (TPSA) is 49.3 Å². The molecule has 0 aliphatic carbocycles. The summed E-state index contributed by atoms with van der Waals surface area (Å²) >= 11 is 5.37. The zero-order valence-electron chi connectivity index (χ0n) is 8.38. The molecule has 0 spiro atoms. The Kier molecular flexibility index (Phi) is 6.29. The molecule has 0 rings (SSSR count). The maximum atomic E-state index is 11.0. The summed E-state index contributed by atoms with van der Waals surface area (Å²) in [6.45, 7) is 5.88. The zero-order valence-corrected chi connectivity index (χ0v) is 9.14. The van der Waals surface area contributed by atoms with Gasteiger partial charge in [0.25, 0.3) is 0 Å². The van der Waals surface area contributed by atoms with Crippen molar-refractivity contribution in [3.63, 3.8) is 0 Å². The molecule has 0 aromatic heterocycles. The lowest BCUT2D eigenvalue weighted by Crippen LogP contribution is -2.37. The van der Waals surface area contributed by atoms with E-state index in [0.29, 0.717) is 6.54 Å². The normalized spacial score (nSPS) is 17.9. The first-order chi connectivity index (χ1) is 6.04. The van der Waals surface area contributed by atoms with Crippen LogP contribution >= 0.6 is 11.8 Å². The molecule has 78 valence electrons. The first-order valence-electron chi connectivity index (χ1n) is 4.56. The number of aliphatic hydroxyl groups excluding tert-OH is 1. The summed E-state index contributed by atoms with van der Waals surface area (Å²) in [6.07, 6.45) is 0.0225. The first-order valence-corrected chi connectivity index (χ1v) is 4.94. The van der Waals surface area contributed by atoms with Crippen LogP contribution in [0.5, 0.6) is 0 Å². The van der Waals surface area contributed by atoms with Crippen LogP contribution in [0.4, 0.5) is 0 Å². The van der Waals surface area contributed by atoms with E-state index >= 15 is 0 Å². The molecule has 0 aliphatic heterocycles. The molecule has 4 heteroatoms. The molecule has 0 aromatic carbocycles. The van der Waals surface area contributed by atoms with Crippen LogP contribution < -0.4 is 4.84 Å². The maximum absolute atomic E-state index is 11.0. The number of Topliss-reactive ketones (excluding diaryl/α,β-unsaturated/α-hetero) is 1. The zero-order chi connectivity index (χ0) is 10.4. The van der Waals surface area contributed by atoms with Gasteiger partial charge in [-0.1, -0.05) is 20.3 Å². The third kappa shape index (κ3) is 4.07. The smallest absolute Gasteiger partial charge is 0.158 e. The number of rotatable bonds is 6. The second kappa shape index (κ2) is 6.35. The Morgan fingerprint density at radius 1 is 1.62 bits per heavy atom. The van der Waals surface area contributed by atoms with Crippen LogP contribution in [0.1, 0.15) is 27.2 Å². The lowest BCUT2D eigenvalue weighted by Gasteiger charge is -2.25. The van der Waals surface area contributed by atoms with E-state index in [1.807, 2.05) is 13.8 Å². The Bertz CT molecular complexity index is 164. The summed E-state index contributed by atoms with van der Waals surface area (Å²) in [5.74, 6) is -0.0117. The Balaban J connectivity index is 4.30. The number of nitrogens with one attached hydrogen (secondary N) is 1. The van der Waals surface area contributed by atoms with Crippen molar-refractivity contribution < 1.29 is 9.90 Å².